The van der Waals surface area contributed by atoms with Crippen LogP contribution in [-0.2, 0) is 42.8 Å². The minimum atomic E-state index is -0.460. The van der Waals surface area contributed by atoms with Crippen molar-refractivity contribution in [2.24, 2.45) is 5.41 Å². The number of rotatable bonds is 25. The maximum absolute atomic E-state index is 11.6. The van der Waals surface area contributed by atoms with Gasteiger partial charge in [0.25, 0.3) is 0 Å². The van der Waals surface area contributed by atoms with E-state index in [0.29, 0.717) is 69.9 Å². The van der Waals surface area contributed by atoms with Gasteiger partial charge in [0.15, 0.2) is 0 Å². The molecule has 0 aromatic carbocycles. The summed E-state index contributed by atoms with van der Waals surface area (Å²) in [6.45, 7) is 6.33. The first kappa shape index (κ1) is 35.0. The lowest BCUT2D eigenvalue weighted by molar-refractivity contribution is -0.147. The number of thiol groups is 2. The molecule has 0 saturated carbocycles. The molecule has 212 valence electrons. The van der Waals surface area contributed by atoms with E-state index in [1.807, 2.05) is 13.8 Å². The van der Waals surface area contributed by atoms with Gasteiger partial charge < -0.3 is 28.4 Å². The summed E-state index contributed by atoms with van der Waals surface area (Å²) in [5.74, 6) is 0.521. The zero-order valence-corrected chi connectivity index (χ0v) is 23.8. The SMILES string of the molecule is CCCCC(=O)OCCOCC(CC)(COCCOC(=O)CCCS)COCCOC(=O)CCCS. The molecule has 36 heavy (non-hydrogen) atoms. The molecule has 0 amide bonds. The van der Waals surface area contributed by atoms with E-state index < -0.39 is 5.41 Å². The van der Waals surface area contributed by atoms with Gasteiger partial charge in [-0.25, -0.2) is 0 Å². The fourth-order valence-electron chi connectivity index (χ4n) is 2.92. The van der Waals surface area contributed by atoms with E-state index in [0.717, 1.165) is 12.8 Å². The third-order valence-corrected chi connectivity index (χ3v) is 5.89. The molecule has 0 spiro atoms. The zero-order chi connectivity index (χ0) is 26.9. The summed E-state index contributed by atoms with van der Waals surface area (Å²) in [6.07, 6.45) is 4.89. The first-order chi connectivity index (χ1) is 17.4. The van der Waals surface area contributed by atoms with Gasteiger partial charge in [0.1, 0.15) is 19.8 Å². The molecule has 0 atom stereocenters. The smallest absolute Gasteiger partial charge is 0.305 e. The molecule has 0 aromatic heterocycles. The third kappa shape index (κ3) is 20.1. The van der Waals surface area contributed by atoms with Crippen LogP contribution in [-0.4, -0.2) is 88.9 Å². The predicted molar refractivity (Wildman–Crippen MR) is 144 cm³/mol. The van der Waals surface area contributed by atoms with Crippen LogP contribution in [0.15, 0.2) is 0 Å². The van der Waals surface area contributed by atoms with Gasteiger partial charge in [-0.05, 0) is 37.2 Å². The molecule has 0 aliphatic rings. The second-order valence-electron chi connectivity index (χ2n) is 8.43. The van der Waals surface area contributed by atoms with Crippen LogP contribution in [0.2, 0.25) is 0 Å². The first-order valence-corrected chi connectivity index (χ1v) is 14.1. The van der Waals surface area contributed by atoms with E-state index in [1.54, 1.807) is 0 Å². The molecular formula is C25H46O9S2. The summed E-state index contributed by atoms with van der Waals surface area (Å²) in [5, 5.41) is 0. The summed E-state index contributed by atoms with van der Waals surface area (Å²) in [6, 6.07) is 0. The van der Waals surface area contributed by atoms with E-state index in [-0.39, 0.29) is 57.5 Å². The van der Waals surface area contributed by atoms with Gasteiger partial charge in [0.05, 0.1) is 39.6 Å². The molecule has 0 bridgehead atoms. The minimum Gasteiger partial charge on any atom is -0.463 e. The van der Waals surface area contributed by atoms with Crippen LogP contribution < -0.4 is 0 Å². The fraction of sp³-hybridized carbons (Fsp3) is 0.880. The van der Waals surface area contributed by atoms with Crippen molar-refractivity contribution >= 4 is 43.2 Å². The zero-order valence-electron chi connectivity index (χ0n) is 22.0. The van der Waals surface area contributed by atoms with Crippen molar-refractivity contribution in [2.75, 3.05) is 71.0 Å². The van der Waals surface area contributed by atoms with Crippen LogP contribution in [0, 0.1) is 5.41 Å². The molecule has 0 rings (SSSR count). The highest BCUT2D eigenvalue weighted by molar-refractivity contribution is 7.80. The Morgan fingerprint density at radius 3 is 1.25 bits per heavy atom. The second-order valence-corrected chi connectivity index (χ2v) is 9.33. The number of hydrogen-bond donors (Lipinski definition) is 2. The third-order valence-electron chi connectivity index (χ3n) is 5.26. The monoisotopic (exact) mass is 554 g/mol. The maximum atomic E-state index is 11.6. The van der Waals surface area contributed by atoms with Crippen LogP contribution in [0.3, 0.4) is 0 Å². The number of carbonyl (C=O) groups excluding carboxylic acids is 3. The second kappa shape index (κ2) is 24.3. The maximum Gasteiger partial charge on any atom is 0.305 e. The Kier molecular flexibility index (Phi) is 23.7. The van der Waals surface area contributed by atoms with Gasteiger partial charge >= 0.3 is 17.9 Å². The molecule has 11 heteroatoms. The van der Waals surface area contributed by atoms with Crippen molar-refractivity contribution in [1.29, 1.82) is 0 Å². The van der Waals surface area contributed by atoms with E-state index >= 15 is 0 Å². The molecular weight excluding hydrogens is 508 g/mol. The van der Waals surface area contributed by atoms with Crippen molar-refractivity contribution in [3.8, 4) is 0 Å². The number of esters is 3. The van der Waals surface area contributed by atoms with Gasteiger partial charge in [-0.3, -0.25) is 14.4 Å². The lowest BCUT2D eigenvalue weighted by Crippen LogP contribution is -2.38. The van der Waals surface area contributed by atoms with E-state index in [4.69, 9.17) is 28.4 Å². The summed E-state index contributed by atoms with van der Waals surface area (Å²) in [4.78, 5) is 34.9. The van der Waals surface area contributed by atoms with Crippen LogP contribution >= 0.6 is 25.3 Å². The quantitative estimate of drug-likeness (QED) is 0.0757. The lowest BCUT2D eigenvalue weighted by atomic mass is 9.88. The summed E-state index contributed by atoms with van der Waals surface area (Å²) >= 11 is 8.17. The van der Waals surface area contributed by atoms with E-state index in [1.165, 1.54) is 0 Å². The highest BCUT2D eigenvalue weighted by Crippen LogP contribution is 2.24. The normalized spacial score (nSPS) is 11.3. The molecule has 0 heterocycles. The Morgan fingerprint density at radius 1 is 0.583 bits per heavy atom. The minimum absolute atomic E-state index is 0.170. The van der Waals surface area contributed by atoms with Gasteiger partial charge in [-0.15, -0.1) is 0 Å². The van der Waals surface area contributed by atoms with Gasteiger partial charge in [-0.1, -0.05) is 20.3 Å². The average Bonchev–Trinajstić information content (AvgIpc) is 2.88. The molecule has 0 aliphatic carbocycles. The number of unbranched alkanes of at least 4 members (excludes halogenated alkanes) is 1. The summed E-state index contributed by atoms with van der Waals surface area (Å²) in [5.41, 5.74) is -0.460. The molecule has 0 fully saturated rings. The average molecular weight is 555 g/mol. The molecule has 0 unspecified atom stereocenters. The molecule has 0 radical (unpaired) electrons. The van der Waals surface area contributed by atoms with Crippen LogP contribution in [0.4, 0.5) is 0 Å². The number of hydrogen-bond acceptors (Lipinski definition) is 11. The van der Waals surface area contributed by atoms with Gasteiger partial charge in [0.2, 0.25) is 0 Å². The first-order valence-electron chi connectivity index (χ1n) is 12.8. The number of carbonyl (C=O) groups is 3. The Balaban J connectivity index is 4.53. The molecule has 9 nitrogen and oxygen atoms in total. The predicted octanol–water partition coefficient (Wildman–Crippen LogP) is 3.67. The van der Waals surface area contributed by atoms with Gasteiger partial charge in [-0.2, -0.15) is 25.3 Å². The highest BCUT2D eigenvalue weighted by Gasteiger charge is 2.30. The number of ether oxygens (including phenoxy) is 6. The highest BCUT2D eigenvalue weighted by atomic mass is 32.1. The summed E-state index contributed by atoms with van der Waals surface area (Å²) in [7, 11) is 0. The topological polar surface area (TPSA) is 107 Å². The molecule has 0 saturated heterocycles. The van der Waals surface area contributed by atoms with Crippen LogP contribution in [0.5, 0.6) is 0 Å². The molecule has 0 aromatic rings. The largest absolute Gasteiger partial charge is 0.463 e. The Bertz CT molecular complexity index is 502. The van der Waals surface area contributed by atoms with Crippen molar-refractivity contribution in [1.82, 2.24) is 0 Å². The molecule has 0 aliphatic heterocycles. The Hall–Kier alpha value is -1.01. The standard InChI is InChI=1S/C25H46O9S2/c1-3-5-8-22(26)32-14-11-29-19-25(4-2,20-30-12-15-33-23(27)9-6-17-35)21-31-13-16-34-24(28)10-7-18-36/h35-36H,3-21H2,1-2H3. The lowest BCUT2D eigenvalue weighted by Gasteiger charge is -2.32. The van der Waals surface area contributed by atoms with Crippen LogP contribution in [0.1, 0.15) is 65.2 Å². The van der Waals surface area contributed by atoms with Crippen molar-refractivity contribution in [3.63, 3.8) is 0 Å². The van der Waals surface area contributed by atoms with E-state index in [9.17, 15) is 14.4 Å². The van der Waals surface area contributed by atoms with Gasteiger partial charge in [0, 0.05) is 24.7 Å². The van der Waals surface area contributed by atoms with E-state index in [2.05, 4.69) is 25.3 Å². The van der Waals surface area contributed by atoms with Crippen molar-refractivity contribution in [2.45, 2.75) is 65.2 Å². The van der Waals surface area contributed by atoms with Crippen molar-refractivity contribution in [3.05, 3.63) is 0 Å². The van der Waals surface area contributed by atoms with Crippen molar-refractivity contribution < 1.29 is 42.8 Å². The Morgan fingerprint density at radius 2 is 0.944 bits per heavy atom. The fourth-order valence-corrected chi connectivity index (χ4v) is 3.24. The molecule has 0 N–H and O–H groups in total. The summed E-state index contributed by atoms with van der Waals surface area (Å²) < 4.78 is 32.9. The van der Waals surface area contributed by atoms with Crippen LogP contribution in [0.25, 0.3) is 0 Å². The Labute approximate surface area is 227 Å².